The Bertz CT molecular complexity index is 1320. The summed E-state index contributed by atoms with van der Waals surface area (Å²) in [5.41, 5.74) is 5.25. The lowest BCUT2D eigenvalue weighted by atomic mass is 10.0. The Morgan fingerprint density at radius 1 is 0.944 bits per heavy atom. The van der Waals surface area contributed by atoms with E-state index < -0.39 is 0 Å². The third-order valence-corrected chi connectivity index (χ3v) is 6.56. The van der Waals surface area contributed by atoms with Gasteiger partial charge in [0.2, 0.25) is 0 Å². The summed E-state index contributed by atoms with van der Waals surface area (Å²) in [6.07, 6.45) is 0.914. The highest BCUT2D eigenvalue weighted by Crippen LogP contribution is 2.28. The summed E-state index contributed by atoms with van der Waals surface area (Å²) in [4.78, 5) is 17.1. The van der Waals surface area contributed by atoms with Crippen LogP contribution in [0.1, 0.15) is 17.7 Å². The van der Waals surface area contributed by atoms with E-state index in [1.54, 1.807) is 7.11 Å². The molecule has 5 rings (SSSR count). The second-order valence-corrected chi connectivity index (χ2v) is 9.08. The number of aryl methyl sites for hydroxylation is 1. The van der Waals surface area contributed by atoms with E-state index in [9.17, 15) is 4.79 Å². The molecule has 188 valence electrons. The van der Waals surface area contributed by atoms with Gasteiger partial charge in [-0.1, -0.05) is 48.0 Å². The Morgan fingerprint density at radius 2 is 1.72 bits per heavy atom. The molecule has 0 saturated carbocycles. The first-order chi connectivity index (χ1) is 17.1. The first-order valence-corrected chi connectivity index (χ1v) is 12.1. The zero-order valence-corrected chi connectivity index (χ0v) is 21.5. The quantitative estimate of drug-likeness (QED) is 0.333. The van der Waals surface area contributed by atoms with Gasteiger partial charge in [-0.2, -0.15) is 0 Å². The van der Waals surface area contributed by atoms with Crippen molar-refractivity contribution in [3.63, 3.8) is 0 Å². The van der Waals surface area contributed by atoms with Gasteiger partial charge in [0, 0.05) is 31.6 Å². The fourth-order valence-corrected chi connectivity index (χ4v) is 4.60. The predicted octanol–water partition coefficient (Wildman–Crippen LogP) is 6.58. The van der Waals surface area contributed by atoms with Gasteiger partial charge in [-0.25, -0.2) is 4.79 Å². The number of nitrogens with one attached hydrogen (secondary N) is 1. The summed E-state index contributed by atoms with van der Waals surface area (Å²) in [7, 11) is 1.61. The molecule has 3 aromatic carbocycles. The molecule has 1 saturated heterocycles. The van der Waals surface area contributed by atoms with Gasteiger partial charge < -0.3 is 19.4 Å². The van der Waals surface area contributed by atoms with Gasteiger partial charge >= 0.3 is 6.03 Å². The molecule has 7 heteroatoms. The maximum Gasteiger partial charge on any atom is 0.321 e. The molecule has 0 spiro atoms. The molecular weight excluding hydrogens is 474 g/mol. The number of methoxy groups -OCH3 is 1. The van der Waals surface area contributed by atoms with Crippen molar-refractivity contribution in [2.75, 3.05) is 38.6 Å². The molecule has 1 fully saturated rings. The van der Waals surface area contributed by atoms with Crippen molar-refractivity contribution in [3.05, 3.63) is 84.1 Å². The van der Waals surface area contributed by atoms with Crippen LogP contribution in [0.15, 0.2) is 77.2 Å². The van der Waals surface area contributed by atoms with Crippen LogP contribution in [0, 0.1) is 6.92 Å². The molecule has 4 aromatic rings. The Morgan fingerprint density at radius 3 is 2.53 bits per heavy atom. The van der Waals surface area contributed by atoms with Gasteiger partial charge in [0.15, 0.2) is 0 Å². The van der Waals surface area contributed by atoms with E-state index in [0.29, 0.717) is 18.0 Å². The zero-order chi connectivity index (χ0) is 24.2. The third kappa shape index (κ3) is 5.83. The number of urea groups is 1. The van der Waals surface area contributed by atoms with Crippen molar-refractivity contribution in [2.45, 2.75) is 19.9 Å². The second-order valence-electron chi connectivity index (χ2n) is 9.08. The van der Waals surface area contributed by atoms with Crippen LogP contribution < -0.4 is 10.1 Å². The zero-order valence-electron chi connectivity index (χ0n) is 20.7. The summed E-state index contributed by atoms with van der Waals surface area (Å²) in [6.45, 7) is 5.94. The van der Waals surface area contributed by atoms with E-state index in [2.05, 4.69) is 65.7 Å². The number of hydrogen-bond acceptors (Lipinski definition) is 4. The molecule has 1 aliphatic heterocycles. The minimum Gasteiger partial charge on any atom is -0.495 e. The number of rotatable bonds is 5. The summed E-state index contributed by atoms with van der Waals surface area (Å²) >= 11 is 0. The van der Waals surface area contributed by atoms with E-state index in [-0.39, 0.29) is 18.4 Å². The van der Waals surface area contributed by atoms with Crippen molar-refractivity contribution in [2.24, 2.45) is 0 Å². The molecule has 0 unspecified atom stereocenters. The van der Waals surface area contributed by atoms with Gasteiger partial charge in [0.25, 0.3) is 0 Å². The minimum atomic E-state index is -0.0938. The van der Waals surface area contributed by atoms with Crippen molar-refractivity contribution < 1.29 is 13.9 Å². The molecule has 0 aliphatic carbocycles. The van der Waals surface area contributed by atoms with E-state index >= 15 is 0 Å². The number of carbonyl (C=O) groups excluding carboxylic acids is 1. The summed E-state index contributed by atoms with van der Waals surface area (Å²) in [5.74, 6) is 1.61. The maximum atomic E-state index is 12.9. The van der Waals surface area contributed by atoms with Crippen LogP contribution in [0.4, 0.5) is 10.5 Å². The van der Waals surface area contributed by atoms with Crippen LogP contribution in [0.25, 0.3) is 22.1 Å². The van der Waals surface area contributed by atoms with Gasteiger partial charge in [0.1, 0.15) is 17.1 Å². The highest BCUT2D eigenvalue weighted by Gasteiger charge is 2.21. The van der Waals surface area contributed by atoms with Crippen LogP contribution in [0.5, 0.6) is 5.75 Å². The number of nitrogens with zero attached hydrogens (tertiary/aromatic N) is 2. The molecule has 2 amide bonds. The molecule has 1 aromatic heterocycles. The normalized spacial score (nSPS) is 14.2. The Balaban J connectivity index is 0.00000304. The van der Waals surface area contributed by atoms with Crippen LogP contribution >= 0.6 is 12.4 Å². The Labute approximate surface area is 218 Å². The van der Waals surface area contributed by atoms with E-state index in [4.69, 9.17) is 9.15 Å². The molecule has 0 radical (unpaired) electrons. The lowest BCUT2D eigenvalue weighted by Gasteiger charge is -2.22. The third-order valence-electron chi connectivity index (χ3n) is 6.56. The number of amides is 2. The molecule has 36 heavy (non-hydrogen) atoms. The molecule has 1 N–H and O–H groups in total. The maximum absolute atomic E-state index is 12.9. The fraction of sp³-hybridized carbons (Fsp3) is 0.276. The second kappa shape index (κ2) is 11.5. The molecule has 2 heterocycles. The molecule has 1 aliphatic rings. The SMILES string of the molecule is COc1ccccc1NC(=O)N1CCCN(Cc2cc3cc(-c4ccc(C)cc4)ccc3o2)CC1.Cl. The van der Waals surface area contributed by atoms with Crippen LogP contribution in [0.3, 0.4) is 0 Å². The van der Waals surface area contributed by atoms with Crippen molar-refractivity contribution in [3.8, 4) is 16.9 Å². The van der Waals surface area contributed by atoms with Crippen molar-refractivity contribution in [1.82, 2.24) is 9.80 Å². The van der Waals surface area contributed by atoms with Crippen molar-refractivity contribution in [1.29, 1.82) is 0 Å². The molecule has 6 nitrogen and oxygen atoms in total. The standard InChI is InChI=1S/C29H31N3O3.ClH/c1-21-8-10-22(11-9-21)23-12-13-27-24(18-23)19-25(35-27)20-31-14-5-15-32(17-16-31)29(33)30-26-6-3-4-7-28(26)34-2;/h3-4,6-13,18-19H,5,14-17,20H2,1-2H3,(H,30,33);1H. The predicted molar refractivity (Wildman–Crippen MR) is 147 cm³/mol. The highest BCUT2D eigenvalue weighted by molar-refractivity contribution is 5.91. The molecule has 0 atom stereocenters. The summed E-state index contributed by atoms with van der Waals surface area (Å²) in [6, 6.07) is 24.5. The van der Waals surface area contributed by atoms with Gasteiger partial charge in [-0.05, 0) is 54.8 Å². The smallest absolute Gasteiger partial charge is 0.321 e. The van der Waals surface area contributed by atoms with Crippen LogP contribution in [0.2, 0.25) is 0 Å². The molecule has 0 bridgehead atoms. The topological polar surface area (TPSA) is 58.0 Å². The van der Waals surface area contributed by atoms with E-state index in [1.807, 2.05) is 29.2 Å². The average molecular weight is 506 g/mol. The lowest BCUT2D eigenvalue weighted by Crippen LogP contribution is -2.38. The first-order valence-electron chi connectivity index (χ1n) is 12.1. The Hall–Kier alpha value is -3.48. The van der Waals surface area contributed by atoms with Crippen molar-refractivity contribution >= 4 is 35.1 Å². The van der Waals surface area contributed by atoms with Crippen LogP contribution in [-0.2, 0) is 6.54 Å². The summed E-state index contributed by atoms with van der Waals surface area (Å²) in [5, 5.41) is 4.10. The minimum absolute atomic E-state index is 0. The van der Waals surface area contributed by atoms with Gasteiger partial charge in [-0.15, -0.1) is 12.4 Å². The lowest BCUT2D eigenvalue weighted by molar-refractivity contribution is 0.209. The highest BCUT2D eigenvalue weighted by atomic mass is 35.5. The number of hydrogen-bond donors (Lipinski definition) is 1. The Kier molecular flexibility index (Phi) is 8.18. The molecular formula is C29H32ClN3O3. The van der Waals surface area contributed by atoms with Crippen LogP contribution in [-0.4, -0.2) is 49.1 Å². The number of carbonyl (C=O) groups is 1. The number of benzene rings is 3. The number of anilines is 1. The van der Waals surface area contributed by atoms with Gasteiger partial charge in [0.05, 0.1) is 19.3 Å². The number of para-hydroxylation sites is 2. The van der Waals surface area contributed by atoms with E-state index in [0.717, 1.165) is 49.3 Å². The first kappa shape index (κ1) is 25.6. The number of halogens is 1. The largest absolute Gasteiger partial charge is 0.495 e. The monoisotopic (exact) mass is 505 g/mol. The van der Waals surface area contributed by atoms with Gasteiger partial charge in [-0.3, -0.25) is 4.90 Å². The van der Waals surface area contributed by atoms with E-state index in [1.165, 1.54) is 16.7 Å². The average Bonchev–Trinajstić information content (AvgIpc) is 3.12. The number of furan rings is 1. The fourth-order valence-electron chi connectivity index (χ4n) is 4.60. The number of ether oxygens (including phenoxy) is 1. The summed E-state index contributed by atoms with van der Waals surface area (Å²) < 4.78 is 11.5. The number of fused-ring (bicyclic) bond motifs is 1.